The van der Waals surface area contributed by atoms with E-state index in [1.54, 1.807) is 31.2 Å². The molecule has 2 N–H and O–H groups in total. The molecular weight excluding hydrogens is 402 g/mol. The molecule has 0 radical (unpaired) electrons. The van der Waals surface area contributed by atoms with E-state index in [9.17, 15) is 14.4 Å². The molecule has 0 saturated heterocycles. The molecule has 150 valence electrons. The zero-order valence-electron chi connectivity index (χ0n) is 16.0. The van der Waals surface area contributed by atoms with Crippen molar-refractivity contribution >= 4 is 39.1 Å². The molecule has 4 rings (SSSR count). The summed E-state index contributed by atoms with van der Waals surface area (Å²) in [6, 6.07) is 15.5. The quantitative estimate of drug-likeness (QED) is 0.513. The molecule has 4 aromatic rings. The molecule has 0 spiro atoms. The van der Waals surface area contributed by atoms with Crippen molar-refractivity contribution in [1.29, 1.82) is 0 Å². The largest absolute Gasteiger partial charge is 0.478 e. The monoisotopic (exact) mass is 419 g/mol. The number of aromatic carboxylic acids is 1. The second kappa shape index (κ2) is 7.92. The first-order valence-electron chi connectivity index (χ1n) is 9.11. The first-order valence-corrected chi connectivity index (χ1v) is 9.93. The van der Waals surface area contributed by atoms with Crippen LogP contribution in [0.2, 0.25) is 0 Å². The summed E-state index contributed by atoms with van der Waals surface area (Å²) in [5.74, 6) is -1.32. The predicted octanol–water partition coefficient (Wildman–Crippen LogP) is 3.77. The normalized spacial score (nSPS) is 10.8. The fourth-order valence-corrected chi connectivity index (χ4v) is 4.23. The molecule has 2 aromatic carbocycles. The van der Waals surface area contributed by atoms with Crippen molar-refractivity contribution in [2.45, 2.75) is 13.5 Å². The van der Waals surface area contributed by atoms with E-state index in [0.29, 0.717) is 31.9 Å². The molecule has 7 nitrogen and oxygen atoms in total. The van der Waals surface area contributed by atoms with Gasteiger partial charge in [-0.3, -0.25) is 14.2 Å². The van der Waals surface area contributed by atoms with E-state index in [1.807, 2.05) is 18.2 Å². The van der Waals surface area contributed by atoms with E-state index >= 15 is 0 Å². The van der Waals surface area contributed by atoms with Gasteiger partial charge in [-0.1, -0.05) is 30.3 Å². The zero-order chi connectivity index (χ0) is 21.3. The van der Waals surface area contributed by atoms with Crippen molar-refractivity contribution in [1.82, 2.24) is 9.55 Å². The second-order valence-electron chi connectivity index (χ2n) is 6.74. The Kier molecular flexibility index (Phi) is 5.16. The number of carbonyl (C=O) groups is 2. The van der Waals surface area contributed by atoms with E-state index in [2.05, 4.69) is 10.3 Å². The lowest BCUT2D eigenvalue weighted by Gasteiger charge is -2.07. The Morgan fingerprint density at radius 2 is 1.90 bits per heavy atom. The van der Waals surface area contributed by atoms with Crippen molar-refractivity contribution < 1.29 is 14.7 Å². The van der Waals surface area contributed by atoms with Gasteiger partial charge < -0.3 is 10.4 Å². The SMILES string of the molecule is Cc1c(C(=O)Nc2ccccc2)sc2ncn(Cc3cccc(C(=O)O)c3)c(=O)c12. The van der Waals surface area contributed by atoms with Crippen molar-refractivity contribution in [3.05, 3.63) is 92.8 Å². The molecule has 0 bridgehead atoms. The molecule has 0 unspecified atom stereocenters. The lowest BCUT2D eigenvalue weighted by Crippen LogP contribution is -2.21. The second-order valence-corrected chi connectivity index (χ2v) is 7.74. The van der Waals surface area contributed by atoms with Gasteiger partial charge in [0.1, 0.15) is 4.83 Å². The summed E-state index contributed by atoms with van der Waals surface area (Å²) in [6.07, 6.45) is 1.42. The summed E-state index contributed by atoms with van der Waals surface area (Å²) in [5.41, 5.74) is 1.81. The molecule has 0 saturated carbocycles. The van der Waals surface area contributed by atoms with Gasteiger partial charge in [0.25, 0.3) is 11.5 Å². The van der Waals surface area contributed by atoms with Crippen LogP contribution in [0.4, 0.5) is 5.69 Å². The maximum Gasteiger partial charge on any atom is 0.335 e. The number of rotatable bonds is 5. The molecule has 8 heteroatoms. The van der Waals surface area contributed by atoms with E-state index in [1.165, 1.54) is 34.4 Å². The fraction of sp³-hybridized carbons (Fsp3) is 0.0909. The number of carbonyl (C=O) groups excluding carboxylic acids is 1. The number of carboxylic acid groups (broad SMARTS) is 1. The number of hydrogen-bond donors (Lipinski definition) is 2. The first-order chi connectivity index (χ1) is 14.4. The summed E-state index contributed by atoms with van der Waals surface area (Å²) in [5, 5.41) is 12.4. The molecular formula is C22H17N3O4S. The van der Waals surface area contributed by atoms with Gasteiger partial charge in [0.2, 0.25) is 0 Å². The number of thiophene rings is 1. The molecule has 0 aliphatic rings. The van der Waals surface area contributed by atoms with Crippen molar-refractivity contribution in [2.75, 3.05) is 5.32 Å². The Labute approximate surface area is 175 Å². The van der Waals surface area contributed by atoms with E-state index in [0.717, 1.165) is 0 Å². The Bertz CT molecular complexity index is 1330. The summed E-state index contributed by atoms with van der Waals surface area (Å²) >= 11 is 1.17. The standard InChI is InChI=1S/C22H17N3O4S/c1-13-17-20(30-18(13)19(26)24-16-8-3-2-4-9-16)23-12-25(21(17)27)11-14-6-5-7-15(10-14)22(28)29/h2-10,12H,11H2,1H3,(H,24,26)(H,28,29). The average Bonchev–Trinajstić information content (AvgIpc) is 3.08. The molecule has 2 heterocycles. The minimum absolute atomic E-state index is 0.154. The Balaban J connectivity index is 1.68. The van der Waals surface area contributed by atoms with Crippen LogP contribution in [-0.2, 0) is 6.54 Å². The van der Waals surface area contributed by atoms with Gasteiger partial charge >= 0.3 is 5.97 Å². The van der Waals surface area contributed by atoms with Crippen molar-refractivity contribution in [3.8, 4) is 0 Å². The third kappa shape index (κ3) is 3.72. The highest BCUT2D eigenvalue weighted by molar-refractivity contribution is 7.20. The lowest BCUT2D eigenvalue weighted by atomic mass is 10.1. The Morgan fingerprint density at radius 3 is 2.63 bits per heavy atom. The van der Waals surface area contributed by atoms with Crippen LogP contribution in [-0.4, -0.2) is 26.5 Å². The van der Waals surface area contributed by atoms with Crippen LogP contribution in [0.5, 0.6) is 0 Å². The van der Waals surface area contributed by atoms with E-state index < -0.39 is 5.97 Å². The number of nitrogens with one attached hydrogen (secondary N) is 1. The van der Waals surface area contributed by atoms with E-state index in [4.69, 9.17) is 5.11 Å². The molecule has 30 heavy (non-hydrogen) atoms. The predicted molar refractivity (Wildman–Crippen MR) is 116 cm³/mol. The molecule has 0 aliphatic carbocycles. The highest BCUT2D eigenvalue weighted by Crippen LogP contribution is 2.27. The Hall–Kier alpha value is -3.78. The number of aromatic nitrogens is 2. The molecule has 2 aromatic heterocycles. The van der Waals surface area contributed by atoms with Crippen molar-refractivity contribution in [3.63, 3.8) is 0 Å². The Morgan fingerprint density at radius 1 is 1.13 bits per heavy atom. The number of amides is 1. The van der Waals surface area contributed by atoms with Gasteiger partial charge in [0.05, 0.1) is 28.7 Å². The zero-order valence-corrected chi connectivity index (χ0v) is 16.8. The number of para-hydroxylation sites is 1. The van der Waals surface area contributed by atoms with Crippen LogP contribution in [0, 0.1) is 6.92 Å². The number of anilines is 1. The summed E-state index contributed by atoms with van der Waals surface area (Å²) in [6.45, 7) is 1.92. The number of benzene rings is 2. The highest BCUT2D eigenvalue weighted by atomic mass is 32.1. The van der Waals surface area contributed by atoms with Crippen molar-refractivity contribution in [2.24, 2.45) is 0 Å². The van der Waals surface area contributed by atoms with Crippen LogP contribution in [0.3, 0.4) is 0 Å². The molecule has 0 fully saturated rings. The first kappa shape index (κ1) is 19.5. The fourth-order valence-electron chi connectivity index (χ4n) is 3.20. The maximum atomic E-state index is 13.0. The summed E-state index contributed by atoms with van der Waals surface area (Å²) < 4.78 is 1.42. The number of aryl methyl sites for hydroxylation is 1. The average molecular weight is 419 g/mol. The van der Waals surface area contributed by atoms with E-state index in [-0.39, 0.29) is 23.6 Å². The summed E-state index contributed by atoms with van der Waals surface area (Å²) in [7, 11) is 0. The van der Waals surface area contributed by atoms with Gasteiger partial charge in [-0.15, -0.1) is 11.3 Å². The van der Waals surface area contributed by atoms with Gasteiger partial charge in [-0.05, 0) is 42.3 Å². The van der Waals surface area contributed by atoms with Gasteiger partial charge in [-0.25, -0.2) is 9.78 Å². The van der Waals surface area contributed by atoms with Crippen LogP contribution >= 0.6 is 11.3 Å². The van der Waals surface area contributed by atoms with Gasteiger partial charge in [-0.2, -0.15) is 0 Å². The van der Waals surface area contributed by atoms with Gasteiger partial charge in [0, 0.05) is 5.69 Å². The minimum atomic E-state index is -1.03. The lowest BCUT2D eigenvalue weighted by molar-refractivity contribution is 0.0696. The van der Waals surface area contributed by atoms with Crippen LogP contribution in [0.1, 0.15) is 31.2 Å². The smallest absolute Gasteiger partial charge is 0.335 e. The number of fused-ring (bicyclic) bond motifs is 1. The third-order valence-electron chi connectivity index (χ3n) is 4.68. The minimum Gasteiger partial charge on any atom is -0.478 e. The maximum absolute atomic E-state index is 13.0. The number of nitrogens with zero attached hydrogens (tertiary/aromatic N) is 2. The van der Waals surface area contributed by atoms with Gasteiger partial charge in [0.15, 0.2) is 0 Å². The molecule has 1 amide bonds. The van der Waals surface area contributed by atoms with Crippen LogP contribution in [0.25, 0.3) is 10.2 Å². The van der Waals surface area contributed by atoms with Crippen LogP contribution in [0.15, 0.2) is 65.7 Å². The van der Waals surface area contributed by atoms with Crippen LogP contribution < -0.4 is 10.9 Å². The molecule has 0 aliphatic heterocycles. The third-order valence-corrected chi connectivity index (χ3v) is 5.88. The summed E-state index contributed by atoms with van der Waals surface area (Å²) in [4.78, 5) is 42.2. The molecule has 0 atom stereocenters. The number of hydrogen-bond acceptors (Lipinski definition) is 5. The topological polar surface area (TPSA) is 101 Å². The number of carboxylic acids is 1. The highest BCUT2D eigenvalue weighted by Gasteiger charge is 2.19.